The molecule has 0 aliphatic carbocycles. The molecule has 0 saturated carbocycles. The first kappa shape index (κ1) is 16.8. The number of hydrogen-bond donors (Lipinski definition) is 3. The molecule has 0 unspecified atom stereocenters. The van der Waals surface area contributed by atoms with E-state index >= 15 is 0 Å². The third-order valence-corrected chi connectivity index (χ3v) is 3.44. The van der Waals surface area contributed by atoms with Crippen LogP contribution < -0.4 is 21.1 Å². The summed E-state index contributed by atoms with van der Waals surface area (Å²) in [5.74, 6) is 0.449. The number of methoxy groups -OCH3 is 1. The van der Waals surface area contributed by atoms with Gasteiger partial charge in [-0.2, -0.15) is 0 Å². The molecule has 1 aromatic rings. The molecule has 0 saturated heterocycles. The number of carbonyl (C=O) groups excluding carboxylic acids is 2. The van der Waals surface area contributed by atoms with E-state index < -0.39 is 12.1 Å². The predicted octanol–water partition coefficient (Wildman–Crippen LogP) is 1.39. The molecular formula is C15H23N3O3. The average Bonchev–Trinajstić information content (AvgIpc) is 2.49. The van der Waals surface area contributed by atoms with Crippen LogP contribution >= 0.6 is 0 Å². The summed E-state index contributed by atoms with van der Waals surface area (Å²) in [6.07, 6.45) is 0.757. The second kappa shape index (κ2) is 8.14. The van der Waals surface area contributed by atoms with Crippen LogP contribution in [0, 0.1) is 5.92 Å². The smallest absolute Gasteiger partial charge is 0.312 e. The van der Waals surface area contributed by atoms with Crippen LogP contribution in [0.15, 0.2) is 24.3 Å². The number of benzene rings is 1. The van der Waals surface area contributed by atoms with E-state index in [9.17, 15) is 9.59 Å². The fourth-order valence-electron chi connectivity index (χ4n) is 2.00. The molecule has 0 spiro atoms. The third-order valence-electron chi connectivity index (χ3n) is 3.44. The van der Waals surface area contributed by atoms with Crippen molar-refractivity contribution < 1.29 is 14.3 Å². The van der Waals surface area contributed by atoms with Crippen LogP contribution in [0.25, 0.3) is 0 Å². The van der Waals surface area contributed by atoms with E-state index in [1.807, 2.05) is 38.1 Å². The largest absolute Gasteiger partial charge is 0.496 e. The van der Waals surface area contributed by atoms with Gasteiger partial charge in [0.2, 0.25) is 5.91 Å². The van der Waals surface area contributed by atoms with Crippen LogP contribution in [-0.4, -0.2) is 25.1 Å². The quantitative estimate of drug-likeness (QED) is 0.709. The molecule has 0 heterocycles. The number of rotatable bonds is 7. The zero-order valence-corrected chi connectivity index (χ0v) is 12.7. The van der Waals surface area contributed by atoms with Crippen molar-refractivity contribution in [3.05, 3.63) is 29.8 Å². The number of ether oxygens (including phenoxy) is 1. The number of amides is 3. The molecule has 0 aliphatic heterocycles. The van der Waals surface area contributed by atoms with E-state index in [4.69, 9.17) is 10.5 Å². The van der Waals surface area contributed by atoms with Gasteiger partial charge in [-0.1, -0.05) is 38.5 Å². The summed E-state index contributed by atoms with van der Waals surface area (Å²) in [6.45, 7) is 4.17. The Hall–Kier alpha value is -2.24. The lowest BCUT2D eigenvalue weighted by Crippen LogP contribution is -2.51. The number of nitrogens with two attached hydrogens (primary N) is 1. The van der Waals surface area contributed by atoms with E-state index in [2.05, 4.69) is 10.6 Å². The number of urea groups is 1. The van der Waals surface area contributed by atoms with Gasteiger partial charge in [-0.25, -0.2) is 4.79 Å². The summed E-state index contributed by atoms with van der Waals surface area (Å²) in [5, 5.41) is 5.30. The first-order valence-corrected chi connectivity index (χ1v) is 6.95. The van der Waals surface area contributed by atoms with Crippen molar-refractivity contribution in [2.24, 2.45) is 11.7 Å². The van der Waals surface area contributed by atoms with Gasteiger partial charge in [0.05, 0.1) is 7.11 Å². The molecule has 21 heavy (non-hydrogen) atoms. The Morgan fingerprint density at radius 2 is 2.00 bits per heavy atom. The van der Waals surface area contributed by atoms with Crippen molar-refractivity contribution in [3.63, 3.8) is 0 Å². The van der Waals surface area contributed by atoms with Crippen molar-refractivity contribution in [2.45, 2.75) is 32.9 Å². The number of nitrogens with one attached hydrogen (secondary N) is 2. The Morgan fingerprint density at radius 3 is 2.57 bits per heavy atom. The highest BCUT2D eigenvalue weighted by atomic mass is 16.5. The van der Waals surface area contributed by atoms with Gasteiger partial charge in [0, 0.05) is 12.1 Å². The fraction of sp³-hybridized carbons (Fsp3) is 0.467. The van der Waals surface area contributed by atoms with Gasteiger partial charge in [0.15, 0.2) is 0 Å². The second-order valence-electron chi connectivity index (χ2n) is 4.90. The molecule has 0 radical (unpaired) electrons. The molecule has 3 amide bonds. The summed E-state index contributed by atoms with van der Waals surface area (Å²) in [5.41, 5.74) is 6.00. The Morgan fingerprint density at radius 1 is 1.33 bits per heavy atom. The number of para-hydroxylation sites is 1. The summed E-state index contributed by atoms with van der Waals surface area (Å²) in [6, 6.07) is 6.10. The van der Waals surface area contributed by atoms with E-state index in [1.54, 1.807) is 7.11 Å². The normalized spacial score (nSPS) is 13.1. The Bertz CT molecular complexity index is 491. The van der Waals surface area contributed by atoms with Crippen molar-refractivity contribution in [1.29, 1.82) is 0 Å². The maximum Gasteiger partial charge on any atom is 0.312 e. The minimum atomic E-state index is -0.701. The number of hydrogen-bond acceptors (Lipinski definition) is 3. The molecule has 0 aliphatic rings. The molecule has 0 fully saturated rings. The van der Waals surface area contributed by atoms with Crippen molar-refractivity contribution in [2.75, 3.05) is 7.11 Å². The van der Waals surface area contributed by atoms with Crippen LogP contribution in [0.3, 0.4) is 0 Å². The van der Waals surface area contributed by atoms with Gasteiger partial charge < -0.3 is 21.1 Å². The van der Waals surface area contributed by atoms with E-state index in [1.165, 1.54) is 0 Å². The molecule has 116 valence electrons. The maximum absolute atomic E-state index is 12.2. The lowest BCUT2D eigenvalue weighted by Gasteiger charge is -2.22. The zero-order chi connectivity index (χ0) is 15.8. The summed E-state index contributed by atoms with van der Waals surface area (Å²) < 4.78 is 5.23. The van der Waals surface area contributed by atoms with Crippen LogP contribution in [0.5, 0.6) is 5.75 Å². The Labute approximate surface area is 125 Å². The highest BCUT2D eigenvalue weighted by Gasteiger charge is 2.24. The first-order chi connectivity index (χ1) is 9.99. The predicted molar refractivity (Wildman–Crippen MR) is 80.8 cm³/mol. The topological polar surface area (TPSA) is 93.5 Å². The summed E-state index contributed by atoms with van der Waals surface area (Å²) in [7, 11) is 1.58. The minimum Gasteiger partial charge on any atom is -0.496 e. The van der Waals surface area contributed by atoms with E-state index in [-0.39, 0.29) is 11.8 Å². The monoisotopic (exact) mass is 293 g/mol. The SMILES string of the molecule is CC[C@H](C)[C@@H](NC(N)=O)C(=O)NCc1ccccc1OC. The molecular weight excluding hydrogens is 270 g/mol. The molecule has 2 atom stereocenters. The van der Waals surface area contributed by atoms with Crippen LogP contribution in [-0.2, 0) is 11.3 Å². The van der Waals surface area contributed by atoms with Crippen LogP contribution in [0.2, 0.25) is 0 Å². The van der Waals surface area contributed by atoms with Gasteiger partial charge in [0.1, 0.15) is 11.8 Å². The maximum atomic E-state index is 12.2. The molecule has 1 aromatic carbocycles. The van der Waals surface area contributed by atoms with Gasteiger partial charge in [-0.15, -0.1) is 0 Å². The first-order valence-electron chi connectivity index (χ1n) is 6.95. The standard InChI is InChI=1S/C15H23N3O3/c1-4-10(2)13(18-15(16)20)14(19)17-9-11-7-5-6-8-12(11)21-3/h5-8,10,13H,4,9H2,1-3H3,(H,17,19)(H3,16,18,20)/t10-,13+/m0/s1. The minimum absolute atomic E-state index is 0.00447. The summed E-state index contributed by atoms with van der Waals surface area (Å²) >= 11 is 0. The third kappa shape index (κ3) is 4.98. The molecule has 6 nitrogen and oxygen atoms in total. The molecule has 0 bridgehead atoms. The Balaban J connectivity index is 2.71. The van der Waals surface area contributed by atoms with Gasteiger partial charge in [-0.05, 0) is 12.0 Å². The highest BCUT2D eigenvalue weighted by molar-refractivity contribution is 5.86. The lowest BCUT2D eigenvalue weighted by molar-refractivity contribution is -0.124. The molecule has 6 heteroatoms. The average molecular weight is 293 g/mol. The lowest BCUT2D eigenvalue weighted by atomic mass is 9.98. The number of carbonyl (C=O) groups is 2. The summed E-state index contributed by atoms with van der Waals surface area (Å²) in [4.78, 5) is 23.3. The van der Waals surface area contributed by atoms with Crippen LogP contribution in [0.4, 0.5) is 4.79 Å². The van der Waals surface area contributed by atoms with E-state index in [0.717, 1.165) is 12.0 Å². The molecule has 1 rings (SSSR count). The van der Waals surface area contributed by atoms with Crippen molar-refractivity contribution in [3.8, 4) is 5.75 Å². The fourth-order valence-corrected chi connectivity index (χ4v) is 2.00. The van der Waals surface area contributed by atoms with Gasteiger partial charge in [0.25, 0.3) is 0 Å². The van der Waals surface area contributed by atoms with Gasteiger partial charge >= 0.3 is 6.03 Å². The van der Waals surface area contributed by atoms with Crippen LogP contribution in [0.1, 0.15) is 25.8 Å². The van der Waals surface area contributed by atoms with E-state index in [0.29, 0.717) is 12.3 Å². The van der Waals surface area contributed by atoms with Crippen molar-refractivity contribution in [1.82, 2.24) is 10.6 Å². The zero-order valence-electron chi connectivity index (χ0n) is 12.7. The Kier molecular flexibility index (Phi) is 6.52. The molecule has 4 N–H and O–H groups in total. The number of primary amides is 1. The second-order valence-corrected chi connectivity index (χ2v) is 4.90. The van der Waals surface area contributed by atoms with Gasteiger partial charge in [-0.3, -0.25) is 4.79 Å². The highest BCUT2D eigenvalue weighted by Crippen LogP contribution is 2.17. The van der Waals surface area contributed by atoms with Crippen molar-refractivity contribution >= 4 is 11.9 Å². The molecule has 0 aromatic heterocycles.